The number of halogens is 2. The molecule has 1 amide bonds. The van der Waals surface area contributed by atoms with Crippen LogP contribution in [0, 0.1) is 11.6 Å². The van der Waals surface area contributed by atoms with Gasteiger partial charge >= 0.3 is 0 Å². The van der Waals surface area contributed by atoms with Crippen LogP contribution in [0.2, 0.25) is 0 Å². The van der Waals surface area contributed by atoms with Crippen molar-refractivity contribution in [3.8, 4) is 0 Å². The average Bonchev–Trinajstić information content (AvgIpc) is 2.94. The molecule has 0 saturated heterocycles. The highest BCUT2D eigenvalue weighted by Crippen LogP contribution is 2.25. The van der Waals surface area contributed by atoms with Crippen molar-refractivity contribution in [2.45, 2.75) is 13.1 Å². The number of para-hydroxylation sites is 1. The van der Waals surface area contributed by atoms with E-state index in [1.54, 1.807) is 4.90 Å². The third-order valence-corrected chi connectivity index (χ3v) is 4.30. The molecule has 4 rings (SSSR count). The van der Waals surface area contributed by atoms with Gasteiger partial charge in [-0.3, -0.25) is 4.79 Å². The van der Waals surface area contributed by atoms with Gasteiger partial charge in [0, 0.05) is 29.9 Å². The third kappa shape index (κ3) is 2.29. The van der Waals surface area contributed by atoms with Gasteiger partial charge in [-0.15, -0.1) is 0 Å². The van der Waals surface area contributed by atoms with Crippen molar-refractivity contribution in [2.75, 3.05) is 6.54 Å². The van der Waals surface area contributed by atoms with Crippen molar-refractivity contribution in [3.63, 3.8) is 0 Å². The normalized spacial score (nSPS) is 14.1. The number of hydrogen-bond donors (Lipinski definition) is 0. The predicted octanol–water partition coefficient (Wildman–Crippen LogP) is 3.58. The maximum Gasteiger partial charge on any atom is 0.254 e. The van der Waals surface area contributed by atoms with Gasteiger partial charge in [-0.1, -0.05) is 18.2 Å². The van der Waals surface area contributed by atoms with E-state index in [-0.39, 0.29) is 11.5 Å². The van der Waals surface area contributed by atoms with Gasteiger partial charge in [-0.05, 0) is 35.7 Å². The van der Waals surface area contributed by atoms with Crippen LogP contribution in [0.1, 0.15) is 16.1 Å². The second kappa shape index (κ2) is 5.19. The Labute approximate surface area is 131 Å². The molecular weight excluding hydrogens is 298 g/mol. The van der Waals surface area contributed by atoms with E-state index in [4.69, 9.17) is 0 Å². The number of fused-ring (bicyclic) bond motifs is 3. The molecule has 0 fully saturated rings. The first-order chi connectivity index (χ1) is 11.1. The minimum Gasteiger partial charge on any atom is -0.341 e. The molecule has 116 valence electrons. The van der Waals surface area contributed by atoms with Crippen molar-refractivity contribution < 1.29 is 13.6 Å². The Morgan fingerprint density at radius 3 is 2.61 bits per heavy atom. The van der Waals surface area contributed by atoms with Crippen LogP contribution in [0.25, 0.3) is 10.9 Å². The van der Waals surface area contributed by atoms with Crippen LogP contribution in [0.3, 0.4) is 0 Å². The van der Waals surface area contributed by atoms with Crippen molar-refractivity contribution >= 4 is 16.8 Å². The van der Waals surface area contributed by atoms with Crippen molar-refractivity contribution in [1.82, 2.24) is 9.47 Å². The minimum atomic E-state index is -0.998. The minimum absolute atomic E-state index is 0.175. The maximum atomic E-state index is 13.3. The summed E-state index contributed by atoms with van der Waals surface area (Å²) in [5.41, 5.74) is 2.38. The second-order valence-electron chi connectivity index (χ2n) is 5.70. The van der Waals surface area contributed by atoms with Gasteiger partial charge in [0.1, 0.15) is 0 Å². The molecule has 5 heteroatoms. The number of amides is 1. The molecule has 1 aliphatic rings. The van der Waals surface area contributed by atoms with Gasteiger partial charge in [0.2, 0.25) is 0 Å². The molecule has 1 aromatic heterocycles. The first kappa shape index (κ1) is 13.9. The summed E-state index contributed by atoms with van der Waals surface area (Å²) in [5.74, 6) is -2.22. The molecule has 3 nitrogen and oxygen atoms in total. The number of carbonyl (C=O) groups excluding carboxylic acids is 1. The summed E-state index contributed by atoms with van der Waals surface area (Å²) in [4.78, 5) is 14.2. The molecule has 3 aromatic rings. The first-order valence-corrected chi connectivity index (χ1v) is 7.45. The molecule has 2 aromatic carbocycles. The molecule has 0 bridgehead atoms. The highest BCUT2D eigenvalue weighted by molar-refractivity contribution is 5.94. The third-order valence-electron chi connectivity index (χ3n) is 4.30. The SMILES string of the molecule is O=C(c1ccc(F)c(F)c1)N1CCn2c(cc3ccccc32)C1. The van der Waals surface area contributed by atoms with E-state index in [0.29, 0.717) is 19.6 Å². The lowest BCUT2D eigenvalue weighted by Gasteiger charge is -2.29. The number of rotatable bonds is 1. The number of nitrogens with zero attached hydrogens (tertiary/aromatic N) is 2. The number of aromatic nitrogens is 1. The Balaban J connectivity index is 1.64. The Kier molecular flexibility index (Phi) is 3.15. The number of hydrogen-bond acceptors (Lipinski definition) is 1. The fraction of sp³-hybridized carbons (Fsp3) is 0.167. The number of benzene rings is 2. The Morgan fingerprint density at radius 1 is 0.957 bits per heavy atom. The summed E-state index contributed by atoms with van der Waals surface area (Å²) >= 11 is 0. The van der Waals surface area contributed by atoms with E-state index in [1.165, 1.54) is 6.07 Å². The van der Waals surface area contributed by atoms with Gasteiger partial charge in [0.05, 0.1) is 6.54 Å². The van der Waals surface area contributed by atoms with Crippen LogP contribution in [0.5, 0.6) is 0 Å². The molecule has 2 heterocycles. The summed E-state index contributed by atoms with van der Waals surface area (Å²) < 4.78 is 28.6. The highest BCUT2D eigenvalue weighted by Gasteiger charge is 2.23. The van der Waals surface area contributed by atoms with Crippen molar-refractivity contribution in [2.24, 2.45) is 0 Å². The van der Waals surface area contributed by atoms with E-state index in [9.17, 15) is 13.6 Å². The van der Waals surface area contributed by atoms with Crippen LogP contribution >= 0.6 is 0 Å². The van der Waals surface area contributed by atoms with Crippen LogP contribution < -0.4 is 0 Å². The zero-order valence-electron chi connectivity index (χ0n) is 12.3. The summed E-state index contributed by atoms with van der Waals surface area (Å²) in [6.45, 7) is 1.70. The summed E-state index contributed by atoms with van der Waals surface area (Å²) in [6.07, 6.45) is 0. The van der Waals surface area contributed by atoms with Crippen LogP contribution in [-0.2, 0) is 13.1 Å². The Hall–Kier alpha value is -2.69. The van der Waals surface area contributed by atoms with Crippen LogP contribution in [-0.4, -0.2) is 21.9 Å². The molecular formula is C18H14F2N2O. The van der Waals surface area contributed by atoms with Gasteiger partial charge in [-0.25, -0.2) is 8.78 Å². The molecule has 0 saturated carbocycles. The van der Waals surface area contributed by atoms with Crippen molar-refractivity contribution in [1.29, 1.82) is 0 Å². The predicted molar refractivity (Wildman–Crippen MR) is 83.0 cm³/mol. The maximum absolute atomic E-state index is 13.3. The standard InChI is InChI=1S/C18H14F2N2O/c19-15-6-5-13(10-16(15)20)18(23)21-7-8-22-14(11-21)9-12-3-1-2-4-17(12)22/h1-6,9-10H,7-8,11H2. The Morgan fingerprint density at radius 2 is 1.78 bits per heavy atom. The van der Waals surface area contributed by atoms with Crippen LogP contribution in [0.4, 0.5) is 8.78 Å². The molecule has 23 heavy (non-hydrogen) atoms. The lowest BCUT2D eigenvalue weighted by molar-refractivity contribution is 0.0712. The average molecular weight is 312 g/mol. The molecule has 0 N–H and O–H groups in total. The van der Waals surface area contributed by atoms with Gasteiger partial charge < -0.3 is 9.47 Å². The van der Waals surface area contributed by atoms with E-state index < -0.39 is 11.6 Å². The van der Waals surface area contributed by atoms with E-state index >= 15 is 0 Å². The van der Waals surface area contributed by atoms with E-state index in [2.05, 4.69) is 16.7 Å². The first-order valence-electron chi connectivity index (χ1n) is 7.45. The van der Waals surface area contributed by atoms with Crippen LogP contribution in [0.15, 0.2) is 48.5 Å². The second-order valence-corrected chi connectivity index (χ2v) is 5.70. The molecule has 1 aliphatic heterocycles. The molecule has 0 spiro atoms. The molecule has 0 atom stereocenters. The van der Waals surface area contributed by atoms with E-state index in [0.717, 1.165) is 28.7 Å². The molecule has 0 radical (unpaired) electrons. The van der Waals surface area contributed by atoms with Gasteiger partial charge in [0.15, 0.2) is 11.6 Å². The fourth-order valence-corrected chi connectivity index (χ4v) is 3.14. The summed E-state index contributed by atoms with van der Waals surface area (Å²) in [7, 11) is 0. The Bertz CT molecular complexity index is 917. The monoisotopic (exact) mass is 312 g/mol. The zero-order valence-corrected chi connectivity index (χ0v) is 12.3. The largest absolute Gasteiger partial charge is 0.341 e. The van der Waals surface area contributed by atoms with Crippen molar-refractivity contribution in [3.05, 3.63) is 71.4 Å². The summed E-state index contributed by atoms with van der Waals surface area (Å²) in [6, 6.07) is 13.4. The lowest BCUT2D eigenvalue weighted by Crippen LogP contribution is -2.38. The van der Waals surface area contributed by atoms with Gasteiger partial charge in [-0.2, -0.15) is 0 Å². The summed E-state index contributed by atoms with van der Waals surface area (Å²) in [5, 5.41) is 1.14. The molecule has 0 aliphatic carbocycles. The van der Waals surface area contributed by atoms with E-state index in [1.807, 2.05) is 18.2 Å². The quantitative estimate of drug-likeness (QED) is 0.674. The highest BCUT2D eigenvalue weighted by atomic mass is 19.2. The topological polar surface area (TPSA) is 25.2 Å². The number of carbonyl (C=O) groups is 1. The molecule has 0 unspecified atom stereocenters. The zero-order chi connectivity index (χ0) is 16.0. The lowest BCUT2D eigenvalue weighted by atomic mass is 10.1. The smallest absolute Gasteiger partial charge is 0.254 e. The fourth-order valence-electron chi connectivity index (χ4n) is 3.14. The van der Waals surface area contributed by atoms with Gasteiger partial charge in [0.25, 0.3) is 5.91 Å².